The van der Waals surface area contributed by atoms with E-state index >= 15 is 0 Å². The summed E-state index contributed by atoms with van der Waals surface area (Å²) in [5, 5.41) is 2.77. The topological polar surface area (TPSA) is 64.6 Å². The number of amides is 1. The van der Waals surface area contributed by atoms with Gasteiger partial charge in [-0.2, -0.15) is 0 Å². The maximum absolute atomic E-state index is 12.1. The van der Waals surface area contributed by atoms with Crippen LogP contribution in [0.4, 0.5) is 5.69 Å². The molecule has 0 unspecified atom stereocenters. The average Bonchev–Trinajstić information content (AvgIpc) is 2.68. The molecular weight excluding hydrogens is 342 g/mol. The number of ether oxygens (including phenoxy) is 2. The summed E-state index contributed by atoms with van der Waals surface area (Å²) in [6.45, 7) is 1.36. The van der Waals surface area contributed by atoms with E-state index in [1.807, 2.05) is 36.4 Å². The van der Waals surface area contributed by atoms with E-state index in [9.17, 15) is 9.59 Å². The number of benzene rings is 3. The van der Waals surface area contributed by atoms with Gasteiger partial charge < -0.3 is 14.8 Å². The van der Waals surface area contributed by atoms with Crippen LogP contribution < -0.4 is 14.8 Å². The number of para-hydroxylation sites is 1. The molecule has 0 atom stereocenters. The number of ketones is 1. The Morgan fingerprint density at radius 3 is 2.22 bits per heavy atom. The predicted molar refractivity (Wildman–Crippen MR) is 104 cm³/mol. The van der Waals surface area contributed by atoms with Gasteiger partial charge in [-0.05, 0) is 55.5 Å². The largest absolute Gasteiger partial charge is 0.484 e. The van der Waals surface area contributed by atoms with Gasteiger partial charge in [-0.25, -0.2) is 0 Å². The molecule has 0 radical (unpaired) electrons. The number of anilines is 1. The van der Waals surface area contributed by atoms with Crippen LogP contribution in [0.2, 0.25) is 0 Å². The van der Waals surface area contributed by atoms with E-state index in [0.717, 1.165) is 5.75 Å². The molecule has 0 aromatic heterocycles. The van der Waals surface area contributed by atoms with Crippen LogP contribution in [0.5, 0.6) is 17.2 Å². The van der Waals surface area contributed by atoms with Crippen molar-refractivity contribution in [3.05, 3.63) is 84.4 Å². The van der Waals surface area contributed by atoms with Gasteiger partial charge >= 0.3 is 0 Å². The zero-order valence-corrected chi connectivity index (χ0v) is 14.8. The van der Waals surface area contributed by atoms with Crippen LogP contribution in [-0.4, -0.2) is 18.3 Å². The van der Waals surface area contributed by atoms with Gasteiger partial charge in [-0.1, -0.05) is 24.3 Å². The van der Waals surface area contributed by atoms with Crippen molar-refractivity contribution in [3.63, 3.8) is 0 Å². The van der Waals surface area contributed by atoms with Gasteiger partial charge in [-0.15, -0.1) is 0 Å². The lowest BCUT2D eigenvalue weighted by atomic mass is 10.1. The predicted octanol–water partition coefficient (Wildman–Crippen LogP) is 4.70. The molecule has 27 heavy (non-hydrogen) atoms. The fourth-order valence-corrected chi connectivity index (χ4v) is 2.39. The van der Waals surface area contributed by atoms with Crippen molar-refractivity contribution in [1.29, 1.82) is 0 Å². The molecule has 1 N–H and O–H groups in total. The third-order valence-corrected chi connectivity index (χ3v) is 3.73. The monoisotopic (exact) mass is 361 g/mol. The number of rotatable bonds is 7. The molecular formula is C22H19NO4. The molecule has 136 valence electrons. The molecule has 3 rings (SSSR count). The summed E-state index contributed by atoms with van der Waals surface area (Å²) in [5.41, 5.74) is 1.21. The van der Waals surface area contributed by atoms with Crippen LogP contribution in [0.3, 0.4) is 0 Å². The highest BCUT2D eigenvalue weighted by Crippen LogP contribution is 2.23. The Bertz CT molecular complexity index is 921. The summed E-state index contributed by atoms with van der Waals surface area (Å²) in [6, 6.07) is 23.2. The van der Waals surface area contributed by atoms with Gasteiger partial charge in [-0.3, -0.25) is 9.59 Å². The molecule has 0 aliphatic rings. The molecule has 0 saturated heterocycles. The lowest BCUT2D eigenvalue weighted by molar-refractivity contribution is -0.118. The van der Waals surface area contributed by atoms with E-state index in [-0.39, 0.29) is 18.3 Å². The minimum Gasteiger partial charge on any atom is -0.484 e. The summed E-state index contributed by atoms with van der Waals surface area (Å²) in [5.74, 6) is 1.56. The standard InChI is InChI=1S/C22H19NO4/c1-16(24)17-10-12-19(13-11-17)26-15-22(25)23-18-6-5-9-21(14-18)27-20-7-3-2-4-8-20/h2-14H,15H2,1H3,(H,23,25). The van der Waals surface area contributed by atoms with Crippen LogP contribution in [0.25, 0.3) is 0 Å². The van der Waals surface area contributed by atoms with Gasteiger partial charge in [0.05, 0.1) is 0 Å². The summed E-state index contributed by atoms with van der Waals surface area (Å²) in [4.78, 5) is 23.4. The second-order valence-corrected chi connectivity index (χ2v) is 5.86. The molecule has 1 amide bonds. The number of Topliss-reactive ketones (excluding diaryl/α,β-unsaturated/α-hetero) is 1. The highest BCUT2D eigenvalue weighted by molar-refractivity contribution is 5.94. The Balaban J connectivity index is 1.54. The van der Waals surface area contributed by atoms with Crippen LogP contribution in [-0.2, 0) is 4.79 Å². The van der Waals surface area contributed by atoms with E-state index in [1.54, 1.807) is 42.5 Å². The van der Waals surface area contributed by atoms with Crippen LogP contribution >= 0.6 is 0 Å². The number of carbonyl (C=O) groups excluding carboxylic acids is 2. The molecule has 0 aliphatic heterocycles. The van der Waals surface area contributed by atoms with Gasteiger partial charge in [0, 0.05) is 17.3 Å². The van der Waals surface area contributed by atoms with E-state index in [0.29, 0.717) is 22.7 Å². The van der Waals surface area contributed by atoms with Gasteiger partial charge in [0.2, 0.25) is 0 Å². The molecule has 5 nitrogen and oxygen atoms in total. The van der Waals surface area contributed by atoms with E-state index in [4.69, 9.17) is 9.47 Å². The first-order chi connectivity index (χ1) is 13.1. The van der Waals surface area contributed by atoms with Crippen molar-refractivity contribution < 1.29 is 19.1 Å². The lowest BCUT2D eigenvalue weighted by Crippen LogP contribution is -2.20. The van der Waals surface area contributed by atoms with E-state index in [2.05, 4.69) is 5.32 Å². The van der Waals surface area contributed by atoms with Crippen molar-refractivity contribution in [2.75, 3.05) is 11.9 Å². The minimum atomic E-state index is -0.289. The molecule has 0 bridgehead atoms. The highest BCUT2D eigenvalue weighted by Gasteiger charge is 2.06. The Morgan fingerprint density at radius 1 is 0.815 bits per heavy atom. The van der Waals surface area contributed by atoms with E-state index in [1.165, 1.54) is 6.92 Å². The van der Waals surface area contributed by atoms with Crippen LogP contribution in [0, 0.1) is 0 Å². The summed E-state index contributed by atoms with van der Waals surface area (Å²) >= 11 is 0. The zero-order valence-electron chi connectivity index (χ0n) is 14.8. The highest BCUT2D eigenvalue weighted by atomic mass is 16.5. The molecule has 0 fully saturated rings. The van der Waals surface area contributed by atoms with Crippen molar-refractivity contribution in [2.45, 2.75) is 6.92 Å². The molecule has 5 heteroatoms. The maximum atomic E-state index is 12.1. The average molecular weight is 361 g/mol. The van der Waals surface area contributed by atoms with Crippen molar-refractivity contribution in [2.24, 2.45) is 0 Å². The van der Waals surface area contributed by atoms with Crippen molar-refractivity contribution >= 4 is 17.4 Å². The molecule has 3 aromatic rings. The maximum Gasteiger partial charge on any atom is 0.262 e. The third-order valence-electron chi connectivity index (χ3n) is 3.73. The van der Waals surface area contributed by atoms with Gasteiger partial charge in [0.15, 0.2) is 12.4 Å². The Morgan fingerprint density at radius 2 is 1.52 bits per heavy atom. The molecule has 0 heterocycles. The van der Waals surface area contributed by atoms with Gasteiger partial charge in [0.1, 0.15) is 17.2 Å². The summed E-state index contributed by atoms with van der Waals surface area (Å²) in [7, 11) is 0. The lowest BCUT2D eigenvalue weighted by Gasteiger charge is -2.10. The quantitative estimate of drug-likeness (QED) is 0.620. The second-order valence-electron chi connectivity index (χ2n) is 5.86. The fraction of sp³-hybridized carbons (Fsp3) is 0.0909. The van der Waals surface area contributed by atoms with Gasteiger partial charge in [0.25, 0.3) is 5.91 Å². The van der Waals surface area contributed by atoms with Crippen molar-refractivity contribution in [3.8, 4) is 17.2 Å². The molecule has 0 spiro atoms. The summed E-state index contributed by atoms with van der Waals surface area (Å²) < 4.78 is 11.2. The Labute approximate surface area is 157 Å². The smallest absolute Gasteiger partial charge is 0.262 e. The van der Waals surface area contributed by atoms with Crippen molar-refractivity contribution in [1.82, 2.24) is 0 Å². The molecule has 0 aliphatic carbocycles. The Kier molecular flexibility index (Phi) is 5.84. The normalized spacial score (nSPS) is 10.1. The molecule has 3 aromatic carbocycles. The molecule has 0 saturated carbocycles. The summed E-state index contributed by atoms with van der Waals surface area (Å²) in [6.07, 6.45) is 0. The van der Waals surface area contributed by atoms with Crippen LogP contribution in [0.1, 0.15) is 17.3 Å². The number of hydrogen-bond donors (Lipinski definition) is 1. The SMILES string of the molecule is CC(=O)c1ccc(OCC(=O)Nc2cccc(Oc3ccccc3)c2)cc1. The number of hydrogen-bond acceptors (Lipinski definition) is 4. The second kappa shape index (κ2) is 8.67. The first kappa shape index (κ1) is 18.2. The zero-order chi connectivity index (χ0) is 19.1. The first-order valence-electron chi connectivity index (χ1n) is 8.47. The Hall–Kier alpha value is -3.60. The number of carbonyl (C=O) groups is 2. The minimum absolute atomic E-state index is 0.0168. The van der Waals surface area contributed by atoms with E-state index < -0.39 is 0 Å². The first-order valence-corrected chi connectivity index (χ1v) is 8.47. The third kappa shape index (κ3) is 5.44. The fourth-order valence-electron chi connectivity index (χ4n) is 2.39. The van der Waals surface area contributed by atoms with Crippen LogP contribution in [0.15, 0.2) is 78.9 Å². The number of nitrogens with one attached hydrogen (secondary N) is 1.